The summed E-state index contributed by atoms with van der Waals surface area (Å²) in [6, 6.07) is 10.9. The van der Waals surface area contributed by atoms with Crippen molar-refractivity contribution >= 4 is 39.1 Å². The lowest BCUT2D eigenvalue weighted by molar-refractivity contribution is 0.0472. The first-order valence-corrected chi connectivity index (χ1v) is 8.01. The van der Waals surface area contributed by atoms with E-state index in [1.807, 2.05) is 24.3 Å². The van der Waals surface area contributed by atoms with E-state index in [1.165, 1.54) is 17.4 Å². The van der Waals surface area contributed by atoms with Gasteiger partial charge in [0, 0.05) is 0 Å². The van der Waals surface area contributed by atoms with Crippen molar-refractivity contribution < 1.29 is 19.0 Å². The van der Waals surface area contributed by atoms with Gasteiger partial charge in [0.05, 0.1) is 20.8 Å². The summed E-state index contributed by atoms with van der Waals surface area (Å²) in [5, 5.41) is 1.07. The topological polar surface area (TPSA) is 57.7 Å². The Hall–Kier alpha value is -2.31. The van der Waals surface area contributed by atoms with E-state index in [2.05, 4.69) is 4.98 Å². The standard InChI is InChI=1S/C16H10ClNO4S/c17-10-5-9(6-12-15(10)22-8-21-12)16(19)20-7-14-18-11-3-1-2-4-13(11)23-14/h1-6H,7-8H2. The minimum absolute atomic E-state index is 0.0965. The Kier molecular flexibility index (Phi) is 3.55. The maximum atomic E-state index is 12.2. The molecule has 1 aliphatic rings. The van der Waals surface area contributed by atoms with Crippen molar-refractivity contribution in [1.29, 1.82) is 0 Å². The van der Waals surface area contributed by atoms with Crippen molar-refractivity contribution in [3.8, 4) is 11.5 Å². The highest BCUT2D eigenvalue weighted by Crippen LogP contribution is 2.40. The van der Waals surface area contributed by atoms with Gasteiger partial charge in [-0.05, 0) is 24.3 Å². The lowest BCUT2D eigenvalue weighted by Crippen LogP contribution is -2.05. The molecule has 0 saturated heterocycles. The lowest BCUT2D eigenvalue weighted by Gasteiger charge is -2.05. The molecule has 0 saturated carbocycles. The Bertz CT molecular complexity index is 875. The largest absolute Gasteiger partial charge is 0.455 e. The summed E-state index contributed by atoms with van der Waals surface area (Å²) in [6.45, 7) is 0.212. The quantitative estimate of drug-likeness (QED) is 0.669. The highest BCUT2D eigenvalue weighted by molar-refractivity contribution is 7.18. The maximum Gasteiger partial charge on any atom is 0.338 e. The minimum atomic E-state index is -0.482. The highest BCUT2D eigenvalue weighted by atomic mass is 35.5. The molecule has 0 N–H and O–H groups in total. The third kappa shape index (κ3) is 2.71. The molecule has 0 radical (unpaired) electrons. The second-order valence-corrected chi connectivity index (χ2v) is 6.37. The summed E-state index contributed by atoms with van der Waals surface area (Å²) >= 11 is 7.57. The molecule has 0 aliphatic carbocycles. The summed E-state index contributed by atoms with van der Waals surface area (Å²) in [5.41, 5.74) is 1.22. The second-order valence-electron chi connectivity index (χ2n) is 4.84. The van der Waals surface area contributed by atoms with Crippen LogP contribution < -0.4 is 9.47 Å². The Balaban J connectivity index is 1.51. The van der Waals surface area contributed by atoms with Crippen molar-refractivity contribution in [2.75, 3.05) is 6.79 Å². The molecule has 5 nitrogen and oxygen atoms in total. The van der Waals surface area contributed by atoms with Gasteiger partial charge < -0.3 is 14.2 Å². The van der Waals surface area contributed by atoms with Gasteiger partial charge in [0.25, 0.3) is 0 Å². The number of aromatic nitrogens is 1. The molecule has 2 aromatic carbocycles. The van der Waals surface area contributed by atoms with Crippen LogP contribution >= 0.6 is 22.9 Å². The number of hydrogen-bond acceptors (Lipinski definition) is 6. The predicted octanol–water partition coefficient (Wildman–Crippen LogP) is 4.04. The lowest BCUT2D eigenvalue weighted by atomic mass is 10.2. The van der Waals surface area contributed by atoms with Crippen LogP contribution in [-0.4, -0.2) is 17.7 Å². The van der Waals surface area contributed by atoms with Crippen LogP contribution in [0.4, 0.5) is 0 Å². The number of esters is 1. The van der Waals surface area contributed by atoms with Crippen molar-refractivity contribution in [1.82, 2.24) is 4.98 Å². The van der Waals surface area contributed by atoms with Crippen LogP contribution in [0.1, 0.15) is 15.4 Å². The molecule has 0 spiro atoms. The smallest absolute Gasteiger partial charge is 0.338 e. The molecule has 7 heteroatoms. The molecule has 0 atom stereocenters. The number of ether oxygens (including phenoxy) is 3. The molecule has 0 fully saturated rings. The van der Waals surface area contributed by atoms with E-state index in [0.717, 1.165) is 15.2 Å². The molecular weight excluding hydrogens is 338 g/mol. The number of rotatable bonds is 3. The zero-order valence-corrected chi connectivity index (χ0v) is 13.3. The molecule has 1 aliphatic heterocycles. The maximum absolute atomic E-state index is 12.2. The number of carbonyl (C=O) groups excluding carboxylic acids is 1. The van der Waals surface area contributed by atoms with Gasteiger partial charge in [-0.3, -0.25) is 0 Å². The van der Waals surface area contributed by atoms with Gasteiger partial charge in [0.2, 0.25) is 6.79 Å². The molecule has 116 valence electrons. The molecule has 3 aromatic rings. The molecule has 2 heterocycles. The second kappa shape index (κ2) is 5.72. The third-order valence-corrected chi connectivity index (χ3v) is 4.62. The fourth-order valence-corrected chi connectivity index (χ4v) is 3.42. The van der Waals surface area contributed by atoms with Crippen LogP contribution in [-0.2, 0) is 11.3 Å². The zero-order chi connectivity index (χ0) is 15.8. The Morgan fingerprint density at radius 3 is 3.04 bits per heavy atom. The van der Waals surface area contributed by atoms with Gasteiger partial charge in [-0.15, -0.1) is 11.3 Å². The summed E-state index contributed by atoms with van der Waals surface area (Å²) < 4.78 is 16.8. The van der Waals surface area contributed by atoms with Crippen molar-refractivity contribution in [3.05, 3.63) is 52.0 Å². The number of thiazole rings is 1. The third-order valence-electron chi connectivity index (χ3n) is 3.33. The van der Waals surface area contributed by atoms with Crippen LogP contribution in [0.5, 0.6) is 11.5 Å². The monoisotopic (exact) mass is 347 g/mol. The Labute approximate surface area is 140 Å². The van der Waals surface area contributed by atoms with Gasteiger partial charge in [0.1, 0.15) is 11.6 Å². The van der Waals surface area contributed by atoms with Crippen molar-refractivity contribution in [2.24, 2.45) is 0 Å². The van der Waals surface area contributed by atoms with Gasteiger partial charge in [0.15, 0.2) is 11.5 Å². The Morgan fingerprint density at radius 2 is 2.17 bits per heavy atom. The first kappa shape index (κ1) is 14.3. The SMILES string of the molecule is O=C(OCc1nc2ccccc2s1)c1cc(Cl)c2c(c1)OCO2. The van der Waals surface area contributed by atoms with E-state index in [9.17, 15) is 4.79 Å². The number of hydrogen-bond donors (Lipinski definition) is 0. The predicted molar refractivity (Wildman–Crippen MR) is 86.3 cm³/mol. The fraction of sp³-hybridized carbons (Fsp3) is 0.125. The summed E-state index contributed by atoms with van der Waals surface area (Å²) in [6.07, 6.45) is 0. The van der Waals surface area contributed by atoms with E-state index in [1.54, 1.807) is 6.07 Å². The molecule has 23 heavy (non-hydrogen) atoms. The average Bonchev–Trinajstić information content (AvgIpc) is 3.18. The van der Waals surface area contributed by atoms with E-state index in [-0.39, 0.29) is 13.4 Å². The molecule has 4 rings (SSSR count). The van der Waals surface area contributed by atoms with E-state index in [0.29, 0.717) is 22.1 Å². The number of halogens is 1. The first-order chi connectivity index (χ1) is 11.2. The molecule has 0 amide bonds. The first-order valence-electron chi connectivity index (χ1n) is 6.81. The van der Waals surface area contributed by atoms with E-state index in [4.69, 9.17) is 25.8 Å². The van der Waals surface area contributed by atoms with E-state index >= 15 is 0 Å². The average molecular weight is 348 g/mol. The number of nitrogens with zero attached hydrogens (tertiary/aromatic N) is 1. The van der Waals surface area contributed by atoms with Gasteiger partial charge in [-0.1, -0.05) is 23.7 Å². The van der Waals surface area contributed by atoms with Crippen LogP contribution in [0.25, 0.3) is 10.2 Å². The van der Waals surface area contributed by atoms with Crippen molar-refractivity contribution in [3.63, 3.8) is 0 Å². The van der Waals surface area contributed by atoms with Crippen LogP contribution in [0.15, 0.2) is 36.4 Å². The Morgan fingerprint density at radius 1 is 1.30 bits per heavy atom. The van der Waals surface area contributed by atoms with Gasteiger partial charge in [-0.2, -0.15) is 0 Å². The van der Waals surface area contributed by atoms with Crippen LogP contribution in [0.3, 0.4) is 0 Å². The molecular formula is C16H10ClNO4S. The van der Waals surface area contributed by atoms with Crippen molar-refractivity contribution in [2.45, 2.75) is 6.61 Å². The van der Waals surface area contributed by atoms with Gasteiger partial charge >= 0.3 is 5.97 Å². The fourth-order valence-electron chi connectivity index (χ4n) is 2.28. The summed E-state index contributed by atoms with van der Waals surface area (Å²) in [7, 11) is 0. The molecule has 1 aromatic heterocycles. The summed E-state index contributed by atoms with van der Waals surface area (Å²) in [5.74, 6) is 0.420. The summed E-state index contributed by atoms with van der Waals surface area (Å²) in [4.78, 5) is 16.6. The zero-order valence-electron chi connectivity index (χ0n) is 11.7. The van der Waals surface area contributed by atoms with Crippen LogP contribution in [0.2, 0.25) is 5.02 Å². The minimum Gasteiger partial charge on any atom is -0.455 e. The number of fused-ring (bicyclic) bond motifs is 2. The van der Waals surface area contributed by atoms with Crippen LogP contribution in [0, 0.1) is 0 Å². The molecule has 0 bridgehead atoms. The van der Waals surface area contributed by atoms with Gasteiger partial charge in [-0.25, -0.2) is 9.78 Å². The highest BCUT2D eigenvalue weighted by Gasteiger charge is 2.21. The number of carbonyl (C=O) groups is 1. The van der Waals surface area contributed by atoms with E-state index < -0.39 is 5.97 Å². The number of benzene rings is 2. The normalized spacial score (nSPS) is 12.6. The number of para-hydroxylation sites is 1. The molecule has 0 unspecified atom stereocenters.